The Morgan fingerprint density at radius 1 is 1.36 bits per heavy atom. The number of H-pyrrole nitrogens is 1. The Balaban J connectivity index is 2.35. The van der Waals surface area contributed by atoms with Crippen LogP contribution in [0.5, 0.6) is 0 Å². The molecule has 1 saturated heterocycles. The van der Waals surface area contributed by atoms with E-state index >= 15 is 0 Å². The lowest BCUT2D eigenvalue weighted by molar-refractivity contribution is -0.0551. The van der Waals surface area contributed by atoms with E-state index in [1.165, 1.54) is 0 Å². The van der Waals surface area contributed by atoms with Crippen LogP contribution in [0.15, 0.2) is 15.8 Å². The van der Waals surface area contributed by atoms with Crippen LogP contribution < -0.4 is 16.6 Å². The Labute approximate surface area is 122 Å². The summed E-state index contributed by atoms with van der Waals surface area (Å²) in [6, 6.07) is 0. The van der Waals surface area contributed by atoms with Crippen LogP contribution in [0.4, 0.5) is 4.79 Å². The Morgan fingerprint density at radius 3 is 2.59 bits per heavy atom. The number of nitrogens with zero attached hydrogens (tertiary/aromatic N) is 1. The third-order valence-electron chi connectivity index (χ3n) is 3.26. The summed E-state index contributed by atoms with van der Waals surface area (Å²) in [6.45, 7) is -0.931. The summed E-state index contributed by atoms with van der Waals surface area (Å²) in [5.41, 5.74) is -1.78. The summed E-state index contributed by atoms with van der Waals surface area (Å²) in [4.78, 5) is 35.8. The maximum absolute atomic E-state index is 11.8. The third-order valence-corrected chi connectivity index (χ3v) is 3.26. The van der Waals surface area contributed by atoms with Crippen molar-refractivity contribution >= 4 is 6.09 Å². The van der Waals surface area contributed by atoms with Crippen molar-refractivity contribution in [2.24, 2.45) is 0 Å². The fourth-order valence-corrected chi connectivity index (χ4v) is 2.12. The van der Waals surface area contributed by atoms with Crippen molar-refractivity contribution in [2.75, 3.05) is 6.61 Å². The van der Waals surface area contributed by atoms with Crippen LogP contribution in [0, 0.1) is 0 Å². The zero-order valence-corrected chi connectivity index (χ0v) is 11.2. The molecule has 11 nitrogen and oxygen atoms in total. The molecule has 11 heteroatoms. The zero-order chi connectivity index (χ0) is 16.4. The Kier molecular flexibility index (Phi) is 4.61. The standard InChI is InChI=1S/C11H15N3O8/c15-3-5-6(16)7(17)9(22-5)14-2-4(1-12-11(20)21)8(18)13-10(14)19/h2,5-7,9,12,15-17H,1,3H2,(H,20,21)(H,13,18,19)/t5-,6-,7-,9-/m1/s1. The fourth-order valence-electron chi connectivity index (χ4n) is 2.12. The van der Waals surface area contributed by atoms with Crippen LogP contribution in [0.1, 0.15) is 11.8 Å². The van der Waals surface area contributed by atoms with Crippen molar-refractivity contribution in [2.45, 2.75) is 31.1 Å². The van der Waals surface area contributed by atoms with Gasteiger partial charge in [0, 0.05) is 6.20 Å². The van der Waals surface area contributed by atoms with Crippen LogP contribution in [0.3, 0.4) is 0 Å². The second kappa shape index (κ2) is 6.27. The fraction of sp³-hybridized carbons (Fsp3) is 0.545. The zero-order valence-electron chi connectivity index (χ0n) is 11.2. The topological polar surface area (TPSA) is 174 Å². The number of aliphatic hydroxyl groups is 3. The van der Waals surface area contributed by atoms with Gasteiger partial charge in [-0.3, -0.25) is 14.3 Å². The van der Waals surface area contributed by atoms with Crippen LogP contribution in [-0.2, 0) is 11.3 Å². The van der Waals surface area contributed by atoms with Gasteiger partial charge >= 0.3 is 11.8 Å². The first-order valence-electron chi connectivity index (χ1n) is 6.28. The molecule has 0 unspecified atom stereocenters. The number of nitrogens with one attached hydrogen (secondary N) is 2. The second-order valence-electron chi connectivity index (χ2n) is 4.71. The minimum atomic E-state index is -1.50. The first kappa shape index (κ1) is 16.2. The van der Waals surface area contributed by atoms with E-state index in [0.29, 0.717) is 0 Å². The lowest BCUT2D eigenvalue weighted by Gasteiger charge is -2.17. The maximum atomic E-state index is 11.8. The van der Waals surface area contributed by atoms with Crippen molar-refractivity contribution in [3.8, 4) is 0 Å². The van der Waals surface area contributed by atoms with E-state index in [9.17, 15) is 24.6 Å². The number of aromatic amines is 1. The largest absolute Gasteiger partial charge is 0.465 e. The first-order valence-corrected chi connectivity index (χ1v) is 6.28. The maximum Gasteiger partial charge on any atom is 0.404 e. The van der Waals surface area contributed by atoms with E-state index in [0.717, 1.165) is 10.8 Å². The van der Waals surface area contributed by atoms with Crippen molar-refractivity contribution in [3.63, 3.8) is 0 Å². The number of carbonyl (C=O) groups is 1. The highest BCUT2D eigenvalue weighted by atomic mass is 16.6. The highest BCUT2D eigenvalue weighted by Crippen LogP contribution is 2.27. The van der Waals surface area contributed by atoms with Crippen molar-refractivity contribution < 1.29 is 30.0 Å². The van der Waals surface area contributed by atoms with Gasteiger partial charge in [0.2, 0.25) is 0 Å². The highest BCUT2D eigenvalue weighted by Gasteiger charge is 2.43. The SMILES string of the molecule is O=C(O)NCc1cn([C@@H]2O[C@H](CO)[C@@H](O)[C@H]2O)c(=O)[nH]c1=O. The minimum absolute atomic E-state index is 0.0836. The number of hydrogen-bond donors (Lipinski definition) is 6. The summed E-state index contributed by atoms with van der Waals surface area (Å²) < 4.78 is 6.00. The predicted octanol–water partition coefficient (Wildman–Crippen LogP) is -3.08. The molecule has 0 aliphatic carbocycles. The van der Waals surface area contributed by atoms with Crippen molar-refractivity contribution in [1.82, 2.24) is 14.9 Å². The molecule has 22 heavy (non-hydrogen) atoms. The van der Waals surface area contributed by atoms with Crippen molar-refractivity contribution in [1.29, 1.82) is 0 Å². The summed E-state index contributed by atoms with van der Waals surface area (Å²) in [5.74, 6) is 0. The molecule has 0 spiro atoms. The van der Waals surface area contributed by atoms with Crippen molar-refractivity contribution in [3.05, 3.63) is 32.6 Å². The van der Waals surface area contributed by atoms with E-state index in [2.05, 4.69) is 0 Å². The van der Waals surface area contributed by atoms with Gasteiger partial charge in [0.15, 0.2) is 6.23 Å². The van der Waals surface area contributed by atoms with Gasteiger partial charge in [-0.05, 0) is 0 Å². The number of rotatable bonds is 4. The highest BCUT2D eigenvalue weighted by molar-refractivity contribution is 5.64. The molecule has 1 aromatic heterocycles. The molecule has 0 radical (unpaired) electrons. The van der Waals surface area contributed by atoms with E-state index in [4.69, 9.17) is 14.9 Å². The van der Waals surface area contributed by atoms with E-state index in [-0.39, 0.29) is 12.1 Å². The van der Waals surface area contributed by atoms with E-state index in [1.54, 1.807) is 0 Å². The molecule has 1 fully saturated rings. The molecule has 122 valence electrons. The Morgan fingerprint density at radius 2 is 2.05 bits per heavy atom. The molecule has 2 rings (SSSR count). The Hall–Kier alpha value is -2.21. The molecular weight excluding hydrogens is 302 g/mol. The van der Waals surface area contributed by atoms with Crippen LogP contribution >= 0.6 is 0 Å². The monoisotopic (exact) mass is 317 g/mol. The van der Waals surface area contributed by atoms with Gasteiger partial charge in [0.05, 0.1) is 18.7 Å². The molecule has 1 amide bonds. The average molecular weight is 317 g/mol. The predicted molar refractivity (Wildman–Crippen MR) is 69.2 cm³/mol. The molecule has 4 atom stereocenters. The number of hydrogen-bond acceptors (Lipinski definition) is 7. The number of ether oxygens (including phenoxy) is 1. The lowest BCUT2D eigenvalue weighted by atomic mass is 10.1. The summed E-state index contributed by atoms with van der Waals surface area (Å²) in [6.07, 6.45) is -5.64. The summed E-state index contributed by atoms with van der Waals surface area (Å²) >= 11 is 0. The first-order chi connectivity index (χ1) is 10.3. The molecule has 1 aliphatic rings. The van der Waals surface area contributed by atoms with E-state index < -0.39 is 48.5 Å². The van der Waals surface area contributed by atoms with Gasteiger partial charge in [-0.15, -0.1) is 0 Å². The van der Waals surface area contributed by atoms with Gasteiger partial charge in [-0.2, -0.15) is 0 Å². The van der Waals surface area contributed by atoms with Crippen LogP contribution in [0.2, 0.25) is 0 Å². The molecule has 1 aromatic rings. The number of carboxylic acid groups (broad SMARTS) is 1. The number of amides is 1. The molecule has 0 aromatic carbocycles. The minimum Gasteiger partial charge on any atom is -0.465 e. The number of aliphatic hydroxyl groups excluding tert-OH is 3. The van der Waals surface area contributed by atoms with Gasteiger partial charge in [0.1, 0.15) is 18.3 Å². The van der Waals surface area contributed by atoms with Gasteiger partial charge < -0.3 is 30.5 Å². The molecular formula is C11H15N3O8. The van der Waals surface area contributed by atoms with Gasteiger partial charge in [-0.25, -0.2) is 9.59 Å². The third kappa shape index (κ3) is 3.01. The van der Waals surface area contributed by atoms with Gasteiger partial charge in [-0.1, -0.05) is 0 Å². The summed E-state index contributed by atoms with van der Waals surface area (Å²) in [5, 5.41) is 39.0. The smallest absolute Gasteiger partial charge is 0.404 e. The van der Waals surface area contributed by atoms with Crippen LogP contribution in [0.25, 0.3) is 0 Å². The number of aromatic nitrogens is 2. The molecule has 0 bridgehead atoms. The molecule has 1 aliphatic heterocycles. The van der Waals surface area contributed by atoms with E-state index in [1.807, 2.05) is 10.3 Å². The molecule has 6 N–H and O–H groups in total. The normalized spacial score (nSPS) is 27.8. The summed E-state index contributed by atoms with van der Waals surface area (Å²) in [7, 11) is 0. The average Bonchev–Trinajstić information content (AvgIpc) is 2.74. The lowest BCUT2D eigenvalue weighted by Crippen LogP contribution is -2.39. The second-order valence-corrected chi connectivity index (χ2v) is 4.71. The van der Waals surface area contributed by atoms with Gasteiger partial charge in [0.25, 0.3) is 5.56 Å². The van der Waals surface area contributed by atoms with Crippen LogP contribution in [-0.4, -0.2) is 61.0 Å². The quantitative estimate of drug-likeness (QED) is 0.339. The molecule has 0 saturated carbocycles. The Bertz CT molecular complexity index is 668. The molecule has 2 heterocycles.